The molecule has 0 fully saturated rings. The first kappa shape index (κ1) is 18.3. The Morgan fingerprint density at radius 3 is 2.79 bits per heavy atom. The summed E-state index contributed by atoms with van der Waals surface area (Å²) < 4.78 is 41.2. The number of anilines is 1. The molecular weight excluding hydrogens is 336 g/mol. The van der Waals surface area contributed by atoms with Crippen molar-refractivity contribution < 1.29 is 27.4 Å². The van der Waals surface area contributed by atoms with Crippen LogP contribution in [0.5, 0.6) is 11.5 Å². The Morgan fingerprint density at radius 2 is 2.08 bits per heavy atom. The third kappa shape index (κ3) is 4.51. The molecule has 134 valence electrons. The number of fused-ring (bicyclic) bond motifs is 1. The fraction of sp³-hybridized carbons (Fsp3) is 0.533. The number of methoxy groups -OCH3 is 1. The highest BCUT2D eigenvalue weighted by Gasteiger charge is 2.25. The van der Waals surface area contributed by atoms with Crippen molar-refractivity contribution >= 4 is 21.6 Å². The maximum absolute atomic E-state index is 12.4. The van der Waals surface area contributed by atoms with Crippen LogP contribution in [-0.2, 0) is 19.6 Å². The summed E-state index contributed by atoms with van der Waals surface area (Å²) in [6.45, 7) is 2.29. The molecule has 24 heavy (non-hydrogen) atoms. The summed E-state index contributed by atoms with van der Waals surface area (Å²) in [6, 6.07) is 4.79. The first-order chi connectivity index (χ1) is 11.5. The van der Waals surface area contributed by atoms with Crippen LogP contribution in [0, 0.1) is 0 Å². The van der Waals surface area contributed by atoms with Crippen molar-refractivity contribution in [1.82, 2.24) is 5.32 Å². The molecule has 1 amide bonds. The highest BCUT2D eigenvalue weighted by atomic mass is 32.2. The normalized spacial score (nSPS) is 12.9. The number of nitrogens with zero attached hydrogens (tertiary/aromatic N) is 1. The number of ether oxygens (including phenoxy) is 3. The molecule has 0 aromatic heterocycles. The van der Waals surface area contributed by atoms with E-state index in [4.69, 9.17) is 14.2 Å². The number of nitrogens with one attached hydrogen (secondary N) is 1. The Morgan fingerprint density at radius 1 is 1.33 bits per heavy atom. The van der Waals surface area contributed by atoms with Gasteiger partial charge in [0.25, 0.3) is 0 Å². The summed E-state index contributed by atoms with van der Waals surface area (Å²) >= 11 is 0. The summed E-state index contributed by atoms with van der Waals surface area (Å²) in [7, 11) is -2.03. The minimum Gasteiger partial charge on any atom is -0.454 e. The number of hydrogen-bond donors (Lipinski definition) is 1. The lowest BCUT2D eigenvalue weighted by atomic mass is 10.3. The maximum atomic E-state index is 12.4. The van der Waals surface area contributed by atoms with Crippen molar-refractivity contribution in [3.8, 4) is 11.5 Å². The number of carbonyl (C=O) groups excluding carboxylic acids is 1. The molecular formula is C15H22N2O6S. The summed E-state index contributed by atoms with van der Waals surface area (Å²) in [5, 5.41) is 2.69. The minimum absolute atomic E-state index is 0.0965. The molecule has 9 heteroatoms. The summed E-state index contributed by atoms with van der Waals surface area (Å²) in [4.78, 5) is 12.1. The molecule has 0 saturated heterocycles. The van der Waals surface area contributed by atoms with Crippen LogP contribution >= 0.6 is 0 Å². The Hall–Kier alpha value is -2.00. The van der Waals surface area contributed by atoms with E-state index < -0.39 is 10.0 Å². The molecule has 0 unspecified atom stereocenters. The van der Waals surface area contributed by atoms with Crippen molar-refractivity contribution in [2.45, 2.75) is 13.3 Å². The van der Waals surface area contributed by atoms with E-state index in [0.717, 1.165) is 4.31 Å². The molecule has 1 aliphatic heterocycles. The van der Waals surface area contributed by atoms with Gasteiger partial charge in [-0.2, -0.15) is 0 Å². The van der Waals surface area contributed by atoms with E-state index in [-0.39, 0.29) is 25.0 Å². The monoisotopic (exact) mass is 358 g/mol. The van der Waals surface area contributed by atoms with Gasteiger partial charge in [-0.3, -0.25) is 9.10 Å². The molecule has 1 heterocycles. The second kappa shape index (κ2) is 8.20. The lowest BCUT2D eigenvalue weighted by Crippen LogP contribution is -2.41. The fourth-order valence-electron chi connectivity index (χ4n) is 2.18. The van der Waals surface area contributed by atoms with E-state index in [1.54, 1.807) is 25.3 Å². The first-order valence-electron chi connectivity index (χ1n) is 7.63. The van der Waals surface area contributed by atoms with Crippen molar-refractivity contribution in [2.24, 2.45) is 0 Å². The van der Waals surface area contributed by atoms with Gasteiger partial charge in [0.1, 0.15) is 6.54 Å². The SMILES string of the molecule is CCS(=O)(=O)N(CC(=O)NCCCOC)c1ccc2c(c1)OCO2. The predicted molar refractivity (Wildman–Crippen MR) is 88.9 cm³/mol. The topological polar surface area (TPSA) is 94.2 Å². The van der Waals surface area contributed by atoms with Crippen LogP contribution in [0.4, 0.5) is 5.69 Å². The van der Waals surface area contributed by atoms with E-state index in [1.165, 1.54) is 6.92 Å². The van der Waals surface area contributed by atoms with E-state index in [2.05, 4.69) is 5.32 Å². The highest BCUT2D eigenvalue weighted by Crippen LogP contribution is 2.36. The zero-order valence-corrected chi connectivity index (χ0v) is 14.6. The summed E-state index contributed by atoms with van der Waals surface area (Å²) in [5.41, 5.74) is 0.369. The van der Waals surface area contributed by atoms with E-state index in [1.807, 2.05) is 0 Å². The highest BCUT2D eigenvalue weighted by molar-refractivity contribution is 7.92. The van der Waals surface area contributed by atoms with Gasteiger partial charge in [0.15, 0.2) is 11.5 Å². The van der Waals surface area contributed by atoms with Gasteiger partial charge in [0.05, 0.1) is 11.4 Å². The van der Waals surface area contributed by atoms with Gasteiger partial charge < -0.3 is 19.5 Å². The predicted octanol–water partition coefficient (Wildman–Crippen LogP) is 0.724. The molecule has 0 aliphatic carbocycles. The molecule has 1 aromatic carbocycles. The number of sulfonamides is 1. The molecule has 0 saturated carbocycles. The van der Waals surface area contributed by atoms with Crippen molar-refractivity contribution in [3.63, 3.8) is 0 Å². The maximum Gasteiger partial charge on any atom is 0.240 e. The average Bonchev–Trinajstić information content (AvgIpc) is 3.04. The molecule has 0 bridgehead atoms. The van der Waals surface area contributed by atoms with Gasteiger partial charge in [0, 0.05) is 26.3 Å². The number of carbonyl (C=O) groups is 1. The van der Waals surface area contributed by atoms with E-state index in [0.29, 0.717) is 36.8 Å². The molecule has 0 radical (unpaired) electrons. The van der Waals surface area contributed by atoms with E-state index in [9.17, 15) is 13.2 Å². The molecule has 0 atom stereocenters. The number of hydrogen-bond acceptors (Lipinski definition) is 6. The van der Waals surface area contributed by atoms with Gasteiger partial charge in [-0.1, -0.05) is 0 Å². The smallest absolute Gasteiger partial charge is 0.240 e. The summed E-state index contributed by atoms with van der Waals surface area (Å²) in [5.74, 6) is 0.528. The third-order valence-electron chi connectivity index (χ3n) is 3.48. The molecule has 2 rings (SSSR count). The Bertz CT molecular complexity index is 677. The van der Waals surface area contributed by atoms with Crippen LogP contribution in [0.1, 0.15) is 13.3 Å². The molecule has 1 aromatic rings. The van der Waals surface area contributed by atoms with Crippen LogP contribution in [0.2, 0.25) is 0 Å². The van der Waals surface area contributed by atoms with Crippen molar-refractivity contribution in [3.05, 3.63) is 18.2 Å². The third-order valence-corrected chi connectivity index (χ3v) is 5.22. The second-order valence-corrected chi connectivity index (χ2v) is 7.32. The van der Waals surface area contributed by atoms with Crippen LogP contribution in [0.25, 0.3) is 0 Å². The summed E-state index contributed by atoms with van der Waals surface area (Å²) in [6.07, 6.45) is 0.660. The van der Waals surface area contributed by atoms with Crippen LogP contribution < -0.4 is 19.1 Å². The largest absolute Gasteiger partial charge is 0.454 e. The quantitative estimate of drug-likeness (QED) is 0.654. The first-order valence-corrected chi connectivity index (χ1v) is 9.24. The zero-order valence-electron chi connectivity index (χ0n) is 13.8. The Balaban J connectivity index is 2.12. The Labute approximate surface area is 141 Å². The van der Waals surface area contributed by atoms with Crippen LogP contribution in [0.15, 0.2) is 18.2 Å². The fourth-order valence-corrected chi connectivity index (χ4v) is 3.24. The Kier molecular flexibility index (Phi) is 6.27. The van der Waals surface area contributed by atoms with Crippen LogP contribution in [0.3, 0.4) is 0 Å². The van der Waals surface area contributed by atoms with Gasteiger partial charge in [-0.15, -0.1) is 0 Å². The molecule has 8 nitrogen and oxygen atoms in total. The van der Waals surface area contributed by atoms with Crippen LogP contribution in [-0.4, -0.2) is 53.7 Å². The average molecular weight is 358 g/mol. The number of rotatable bonds is 9. The molecule has 0 spiro atoms. The zero-order chi connectivity index (χ0) is 17.6. The number of benzene rings is 1. The van der Waals surface area contributed by atoms with Gasteiger partial charge in [-0.25, -0.2) is 8.42 Å². The van der Waals surface area contributed by atoms with E-state index >= 15 is 0 Å². The lowest BCUT2D eigenvalue weighted by Gasteiger charge is -2.23. The molecule has 1 aliphatic rings. The number of amides is 1. The molecule has 1 N–H and O–H groups in total. The van der Waals surface area contributed by atoms with Gasteiger partial charge in [-0.05, 0) is 25.5 Å². The second-order valence-electron chi connectivity index (χ2n) is 5.14. The van der Waals surface area contributed by atoms with Crippen molar-refractivity contribution in [2.75, 3.05) is 43.7 Å². The van der Waals surface area contributed by atoms with Crippen molar-refractivity contribution in [1.29, 1.82) is 0 Å². The minimum atomic E-state index is -3.61. The lowest BCUT2D eigenvalue weighted by molar-refractivity contribution is -0.119. The van der Waals surface area contributed by atoms with Gasteiger partial charge in [0.2, 0.25) is 22.7 Å². The standard InChI is InChI=1S/C15H22N2O6S/c1-3-24(19,20)17(10-15(18)16-7-4-8-21-2)12-5-6-13-14(9-12)23-11-22-13/h5-6,9H,3-4,7-8,10-11H2,1-2H3,(H,16,18). The van der Waals surface area contributed by atoms with Gasteiger partial charge >= 0.3 is 0 Å².